The molecule has 0 aliphatic carbocycles. The molecule has 6 heteroatoms. The molecule has 0 radical (unpaired) electrons. The highest BCUT2D eigenvalue weighted by Crippen LogP contribution is 2.16. The normalized spacial score (nSPS) is 10.7. The van der Waals surface area contributed by atoms with Crippen molar-refractivity contribution in [2.24, 2.45) is 0 Å². The van der Waals surface area contributed by atoms with Crippen LogP contribution in [-0.4, -0.2) is 14.7 Å². The zero-order valence-electron chi connectivity index (χ0n) is 10.4. The van der Waals surface area contributed by atoms with E-state index in [0.717, 1.165) is 10.3 Å². The second-order valence-corrected chi connectivity index (χ2v) is 4.47. The van der Waals surface area contributed by atoms with Crippen molar-refractivity contribution in [2.75, 3.05) is 0 Å². The van der Waals surface area contributed by atoms with Crippen LogP contribution in [0.15, 0.2) is 53.5 Å². The number of fused-ring (bicyclic) bond motifs is 1. The predicted molar refractivity (Wildman–Crippen MR) is 75.5 cm³/mol. The Morgan fingerprint density at radius 1 is 1.15 bits per heavy atom. The lowest BCUT2D eigenvalue weighted by Crippen LogP contribution is -2.29. The molecule has 0 saturated carbocycles. The average molecular weight is 288 g/mol. The maximum atomic E-state index is 11.9. The Labute approximate surface area is 119 Å². The summed E-state index contributed by atoms with van der Waals surface area (Å²) in [6.07, 6.45) is 1.57. The van der Waals surface area contributed by atoms with E-state index < -0.39 is 5.69 Å². The molecule has 0 atom stereocenters. The monoisotopic (exact) mass is 287 g/mol. The van der Waals surface area contributed by atoms with E-state index in [4.69, 9.17) is 16.4 Å². The van der Waals surface area contributed by atoms with E-state index in [2.05, 4.69) is 9.97 Å². The molecule has 5 nitrogen and oxygen atoms in total. The number of hydrogen-bond donors (Lipinski definition) is 0. The minimum Gasteiger partial charge on any atom is -0.403 e. The van der Waals surface area contributed by atoms with Crippen LogP contribution < -0.4 is 10.5 Å². The van der Waals surface area contributed by atoms with Gasteiger partial charge < -0.3 is 4.84 Å². The fourth-order valence-corrected chi connectivity index (χ4v) is 2.05. The van der Waals surface area contributed by atoms with Gasteiger partial charge in [0.05, 0.1) is 5.39 Å². The zero-order chi connectivity index (χ0) is 13.9. The first-order valence-electron chi connectivity index (χ1n) is 5.96. The Hall–Kier alpha value is -2.40. The summed E-state index contributed by atoms with van der Waals surface area (Å²) in [6.45, 7) is 0.246. The third-order valence-electron chi connectivity index (χ3n) is 2.77. The van der Waals surface area contributed by atoms with E-state index in [9.17, 15) is 4.79 Å². The number of rotatable bonds is 3. The van der Waals surface area contributed by atoms with Crippen LogP contribution in [0.4, 0.5) is 0 Å². The first-order chi connectivity index (χ1) is 9.75. The molecule has 1 aromatic carbocycles. The number of nitrogens with zero attached hydrogens (tertiary/aromatic N) is 3. The van der Waals surface area contributed by atoms with Gasteiger partial charge >= 0.3 is 5.69 Å². The molecule has 20 heavy (non-hydrogen) atoms. The van der Waals surface area contributed by atoms with Crippen molar-refractivity contribution in [3.05, 3.63) is 69.9 Å². The molecular formula is C14H10ClN3O2. The number of hydrogen-bond acceptors (Lipinski definition) is 4. The Balaban J connectivity index is 2.01. The molecule has 0 unspecified atom stereocenters. The lowest BCUT2D eigenvalue weighted by Gasteiger charge is -2.10. The number of aromatic nitrogens is 3. The van der Waals surface area contributed by atoms with E-state index in [1.807, 2.05) is 30.3 Å². The molecule has 0 N–H and O–H groups in total. The molecule has 0 aliphatic heterocycles. The fourth-order valence-electron chi connectivity index (χ4n) is 1.83. The molecule has 0 amide bonds. The Kier molecular flexibility index (Phi) is 3.35. The van der Waals surface area contributed by atoms with E-state index in [-0.39, 0.29) is 11.8 Å². The highest BCUT2D eigenvalue weighted by atomic mass is 35.5. The highest BCUT2D eigenvalue weighted by Gasteiger charge is 2.10. The average Bonchev–Trinajstić information content (AvgIpc) is 2.48. The topological polar surface area (TPSA) is 57.0 Å². The van der Waals surface area contributed by atoms with Gasteiger partial charge in [-0.15, -0.1) is 4.73 Å². The zero-order valence-corrected chi connectivity index (χ0v) is 11.1. The SMILES string of the molecule is O=c1nc(Cl)c2cccnc2n1OCc1ccccc1. The van der Waals surface area contributed by atoms with Gasteiger partial charge in [0.2, 0.25) is 0 Å². The maximum absolute atomic E-state index is 11.9. The minimum atomic E-state index is -0.586. The molecule has 0 aliphatic rings. The summed E-state index contributed by atoms with van der Waals surface area (Å²) >= 11 is 5.93. The van der Waals surface area contributed by atoms with E-state index in [1.54, 1.807) is 18.3 Å². The van der Waals surface area contributed by atoms with Crippen molar-refractivity contribution in [3.8, 4) is 0 Å². The van der Waals surface area contributed by atoms with Crippen LogP contribution >= 0.6 is 11.6 Å². The van der Waals surface area contributed by atoms with Crippen molar-refractivity contribution in [3.63, 3.8) is 0 Å². The molecule has 3 rings (SSSR count). The van der Waals surface area contributed by atoms with E-state index in [1.165, 1.54) is 0 Å². The molecule has 0 fully saturated rings. The Bertz CT molecular complexity index is 802. The first kappa shape index (κ1) is 12.6. The van der Waals surface area contributed by atoms with Gasteiger partial charge in [0.1, 0.15) is 11.8 Å². The number of benzene rings is 1. The Morgan fingerprint density at radius 3 is 2.75 bits per heavy atom. The Morgan fingerprint density at radius 2 is 1.95 bits per heavy atom. The van der Waals surface area contributed by atoms with Crippen molar-refractivity contribution in [1.29, 1.82) is 0 Å². The lowest BCUT2D eigenvalue weighted by molar-refractivity contribution is 0.0949. The van der Waals surface area contributed by atoms with Gasteiger partial charge in [0, 0.05) is 6.20 Å². The first-order valence-corrected chi connectivity index (χ1v) is 6.34. The summed E-state index contributed by atoms with van der Waals surface area (Å²) in [4.78, 5) is 25.2. The van der Waals surface area contributed by atoms with Gasteiger partial charge in [-0.1, -0.05) is 41.9 Å². The van der Waals surface area contributed by atoms with Gasteiger partial charge in [-0.2, -0.15) is 4.98 Å². The summed E-state index contributed by atoms with van der Waals surface area (Å²) in [5.41, 5.74) is 0.712. The minimum absolute atomic E-state index is 0.123. The molecule has 0 bridgehead atoms. The third kappa shape index (κ3) is 2.35. The number of pyridine rings is 1. The molecule has 2 heterocycles. The van der Waals surface area contributed by atoms with Crippen LogP contribution in [0, 0.1) is 0 Å². The van der Waals surface area contributed by atoms with Gasteiger partial charge in [-0.3, -0.25) is 0 Å². The van der Waals surface area contributed by atoms with Crippen LogP contribution in [0.5, 0.6) is 0 Å². The maximum Gasteiger partial charge on any atom is 0.383 e. The van der Waals surface area contributed by atoms with Gasteiger partial charge in [-0.05, 0) is 17.7 Å². The summed E-state index contributed by atoms with van der Waals surface area (Å²) < 4.78 is 1.06. The summed E-state index contributed by atoms with van der Waals surface area (Å²) in [5, 5.41) is 0.694. The smallest absolute Gasteiger partial charge is 0.383 e. The lowest BCUT2D eigenvalue weighted by atomic mass is 10.2. The molecule has 0 saturated heterocycles. The second kappa shape index (κ2) is 5.30. The number of halogens is 1. The summed E-state index contributed by atoms with van der Waals surface area (Å²) in [7, 11) is 0. The van der Waals surface area contributed by atoms with Crippen LogP contribution in [0.2, 0.25) is 5.15 Å². The van der Waals surface area contributed by atoms with Crippen molar-refractivity contribution in [2.45, 2.75) is 6.61 Å². The van der Waals surface area contributed by atoms with Crippen molar-refractivity contribution >= 4 is 22.6 Å². The summed E-state index contributed by atoms with van der Waals surface area (Å²) in [5.74, 6) is 0. The van der Waals surface area contributed by atoms with Gasteiger partial charge in [0.15, 0.2) is 5.65 Å². The molecule has 2 aromatic heterocycles. The van der Waals surface area contributed by atoms with Gasteiger partial charge in [-0.25, -0.2) is 9.78 Å². The van der Waals surface area contributed by atoms with Crippen molar-refractivity contribution < 1.29 is 4.84 Å². The van der Waals surface area contributed by atoms with Crippen LogP contribution in [0.3, 0.4) is 0 Å². The van der Waals surface area contributed by atoms with Crippen LogP contribution in [-0.2, 0) is 6.61 Å². The van der Waals surface area contributed by atoms with Crippen LogP contribution in [0.25, 0.3) is 11.0 Å². The standard InChI is InChI=1S/C14H10ClN3O2/c15-12-11-7-4-8-16-13(11)18(14(19)17-12)20-9-10-5-2-1-3-6-10/h1-8H,9H2. The van der Waals surface area contributed by atoms with Crippen LogP contribution in [0.1, 0.15) is 5.56 Å². The molecule has 3 aromatic rings. The second-order valence-electron chi connectivity index (χ2n) is 4.11. The molecule has 100 valence electrons. The molecular weight excluding hydrogens is 278 g/mol. The highest BCUT2D eigenvalue weighted by molar-refractivity contribution is 6.33. The largest absolute Gasteiger partial charge is 0.403 e. The van der Waals surface area contributed by atoms with E-state index in [0.29, 0.717) is 11.0 Å². The summed E-state index contributed by atoms with van der Waals surface area (Å²) in [6, 6.07) is 13.0. The van der Waals surface area contributed by atoms with E-state index >= 15 is 0 Å². The molecule has 0 spiro atoms. The van der Waals surface area contributed by atoms with Crippen molar-refractivity contribution in [1.82, 2.24) is 14.7 Å². The third-order valence-corrected chi connectivity index (χ3v) is 3.06. The van der Waals surface area contributed by atoms with Gasteiger partial charge in [0.25, 0.3) is 0 Å². The quantitative estimate of drug-likeness (QED) is 0.692. The predicted octanol–water partition coefficient (Wildman–Crippen LogP) is 2.07. The fraction of sp³-hybridized carbons (Fsp3) is 0.0714.